The molecule has 26 heavy (non-hydrogen) atoms. The van der Waals surface area contributed by atoms with E-state index in [4.69, 9.17) is 0 Å². The largest absolute Gasteiger partial charge is 0.351 e. The zero-order valence-corrected chi connectivity index (χ0v) is 18.2. The highest BCUT2D eigenvalue weighted by Gasteiger charge is 2.31. The van der Waals surface area contributed by atoms with Crippen molar-refractivity contribution >= 4 is 21.0 Å². The molecule has 148 valence electrons. The summed E-state index contributed by atoms with van der Waals surface area (Å²) in [5, 5.41) is 3.87. The molecule has 0 aromatic heterocycles. The highest BCUT2D eigenvalue weighted by Crippen LogP contribution is 2.42. The third-order valence-electron chi connectivity index (χ3n) is 7.39. The molecule has 2 aliphatic carbocycles. The van der Waals surface area contributed by atoms with E-state index < -0.39 is 0 Å². The molecule has 0 aliphatic heterocycles. The molecule has 0 unspecified atom stereocenters. The minimum atomic E-state index is -0.0607. The fraction of sp³-hybridized carbons (Fsp3) is 0.955. The standard InChI is InChI=1S/C22H43B2NO/c1-4-21(2,3)25-20(26)18-12-10-14-19(15-11-13-18)24-22(23)16-8-6-5-7-9-17-22/h18-19,24H,4-17,23H2,1-3H3,(H,25,26). The molecule has 0 bridgehead atoms. The predicted octanol–water partition coefficient (Wildman–Crippen LogP) is 4.98. The lowest BCUT2D eigenvalue weighted by Gasteiger charge is -2.35. The zero-order chi connectivity index (χ0) is 19.0. The van der Waals surface area contributed by atoms with E-state index >= 15 is 0 Å². The maximum atomic E-state index is 12.6. The van der Waals surface area contributed by atoms with Gasteiger partial charge in [0.2, 0.25) is 5.91 Å². The van der Waals surface area contributed by atoms with Crippen LogP contribution in [-0.4, -0.2) is 26.6 Å². The summed E-state index contributed by atoms with van der Waals surface area (Å²) in [6.07, 6.45) is 18.5. The van der Waals surface area contributed by atoms with E-state index in [1.54, 1.807) is 0 Å². The highest BCUT2D eigenvalue weighted by molar-refractivity contribution is 6.55. The Kier molecular flexibility index (Phi) is 8.61. The Morgan fingerprint density at radius 2 is 1.54 bits per heavy atom. The number of carbonyl (C=O) groups excluding carboxylic acids is 1. The van der Waals surface area contributed by atoms with Crippen LogP contribution in [0, 0.1) is 5.92 Å². The molecule has 2 rings (SSSR count). The van der Waals surface area contributed by atoms with Crippen molar-refractivity contribution in [3.63, 3.8) is 0 Å². The number of amides is 1. The van der Waals surface area contributed by atoms with Crippen molar-refractivity contribution in [2.45, 2.75) is 127 Å². The third-order valence-corrected chi connectivity index (χ3v) is 7.39. The lowest BCUT2D eigenvalue weighted by atomic mass is 9.34. The average molecular weight is 359 g/mol. The molecule has 1 N–H and O–H groups in total. The summed E-state index contributed by atoms with van der Waals surface area (Å²) < 4.78 is 0. The molecular formula is C22H43B2NO. The Hall–Kier alpha value is -0.400. The first-order valence-electron chi connectivity index (χ1n) is 11.7. The summed E-state index contributed by atoms with van der Waals surface area (Å²) in [5.74, 6) is 1.46. The average Bonchev–Trinajstić information content (AvgIpc) is 2.53. The normalized spacial score (nSPS) is 28.1. The Morgan fingerprint density at radius 3 is 2.08 bits per heavy atom. The lowest BCUT2D eigenvalue weighted by Crippen LogP contribution is -2.45. The van der Waals surface area contributed by atoms with Gasteiger partial charge in [0.05, 0.1) is 7.85 Å². The van der Waals surface area contributed by atoms with Gasteiger partial charge in [-0.2, -0.15) is 0 Å². The Morgan fingerprint density at radius 1 is 1.00 bits per heavy atom. The van der Waals surface area contributed by atoms with Crippen LogP contribution in [0.5, 0.6) is 0 Å². The summed E-state index contributed by atoms with van der Waals surface area (Å²) in [4.78, 5) is 12.6. The second-order valence-electron chi connectivity index (χ2n) is 10.4. The van der Waals surface area contributed by atoms with Crippen LogP contribution in [0.3, 0.4) is 0 Å². The molecule has 0 spiro atoms. The Labute approximate surface area is 164 Å². The van der Waals surface area contributed by atoms with Crippen molar-refractivity contribution < 1.29 is 4.79 Å². The molecule has 0 atom stereocenters. The topological polar surface area (TPSA) is 29.1 Å². The first-order valence-corrected chi connectivity index (χ1v) is 11.7. The van der Waals surface area contributed by atoms with Crippen LogP contribution < -0.4 is 5.32 Å². The van der Waals surface area contributed by atoms with Crippen LogP contribution in [0.2, 0.25) is 11.0 Å². The van der Waals surface area contributed by atoms with Crippen molar-refractivity contribution in [1.82, 2.24) is 5.32 Å². The van der Waals surface area contributed by atoms with Gasteiger partial charge >= 0.3 is 0 Å². The smallest absolute Gasteiger partial charge is 0.223 e. The number of nitrogens with one attached hydrogen (secondary N) is 1. The third kappa shape index (κ3) is 7.31. The SMILES string of the molecule is BC1(BC2CCCC(C(=O)NC(C)(C)CC)CCC2)CCCCCCC1. The van der Waals surface area contributed by atoms with Crippen molar-refractivity contribution in [3.8, 4) is 0 Å². The lowest BCUT2D eigenvalue weighted by molar-refractivity contribution is -0.127. The van der Waals surface area contributed by atoms with Crippen LogP contribution in [0.25, 0.3) is 0 Å². The van der Waals surface area contributed by atoms with Gasteiger partial charge in [0.1, 0.15) is 7.28 Å². The first-order chi connectivity index (χ1) is 12.3. The van der Waals surface area contributed by atoms with Gasteiger partial charge in [-0.25, -0.2) is 0 Å². The van der Waals surface area contributed by atoms with Gasteiger partial charge in [-0.3, -0.25) is 4.79 Å². The number of carbonyl (C=O) groups is 1. The van der Waals surface area contributed by atoms with E-state index in [1.165, 1.54) is 77.9 Å². The minimum Gasteiger partial charge on any atom is -0.351 e. The van der Waals surface area contributed by atoms with Gasteiger partial charge in [-0.05, 0) is 33.1 Å². The van der Waals surface area contributed by atoms with Gasteiger partial charge in [0.25, 0.3) is 0 Å². The van der Waals surface area contributed by atoms with E-state index in [0.29, 0.717) is 11.1 Å². The van der Waals surface area contributed by atoms with E-state index in [2.05, 4.69) is 33.9 Å². The molecule has 0 radical (unpaired) electrons. The van der Waals surface area contributed by atoms with Crippen molar-refractivity contribution in [3.05, 3.63) is 0 Å². The molecule has 2 saturated carbocycles. The first kappa shape index (κ1) is 21.9. The van der Waals surface area contributed by atoms with Gasteiger partial charge < -0.3 is 5.32 Å². The molecular weight excluding hydrogens is 316 g/mol. The quantitative estimate of drug-likeness (QED) is 0.689. The van der Waals surface area contributed by atoms with Crippen LogP contribution >= 0.6 is 0 Å². The maximum absolute atomic E-state index is 12.6. The molecule has 0 aromatic rings. The Bertz CT molecular complexity index is 420. The molecule has 2 aliphatic rings. The fourth-order valence-corrected chi connectivity index (χ4v) is 5.24. The zero-order valence-electron chi connectivity index (χ0n) is 18.2. The second-order valence-corrected chi connectivity index (χ2v) is 10.4. The summed E-state index contributed by atoms with van der Waals surface area (Å²) in [6.45, 7) is 6.43. The summed E-state index contributed by atoms with van der Waals surface area (Å²) in [5.41, 5.74) is -0.0607. The van der Waals surface area contributed by atoms with Crippen LogP contribution in [0.4, 0.5) is 0 Å². The molecule has 4 heteroatoms. The second kappa shape index (κ2) is 10.2. The molecule has 2 nitrogen and oxygen atoms in total. The van der Waals surface area contributed by atoms with Crippen LogP contribution in [-0.2, 0) is 4.79 Å². The molecule has 1 amide bonds. The number of rotatable bonds is 5. The Balaban J connectivity index is 1.81. The molecule has 0 aromatic carbocycles. The van der Waals surface area contributed by atoms with Gasteiger partial charge in [0, 0.05) is 11.5 Å². The van der Waals surface area contributed by atoms with E-state index in [9.17, 15) is 4.79 Å². The summed E-state index contributed by atoms with van der Waals surface area (Å²) in [7, 11) is 4.01. The van der Waals surface area contributed by atoms with Crippen molar-refractivity contribution in [2.24, 2.45) is 5.92 Å². The van der Waals surface area contributed by atoms with E-state index in [0.717, 1.165) is 25.1 Å². The summed E-state index contributed by atoms with van der Waals surface area (Å²) in [6, 6.07) is 0. The van der Waals surface area contributed by atoms with E-state index in [-0.39, 0.29) is 11.5 Å². The molecule has 0 saturated heterocycles. The number of hydrogen-bond donors (Lipinski definition) is 1. The molecule has 0 heterocycles. The summed E-state index contributed by atoms with van der Waals surface area (Å²) >= 11 is 0. The fourth-order valence-electron chi connectivity index (χ4n) is 5.24. The maximum Gasteiger partial charge on any atom is 0.223 e. The highest BCUT2D eigenvalue weighted by atomic mass is 16.2. The van der Waals surface area contributed by atoms with Crippen molar-refractivity contribution in [2.75, 3.05) is 0 Å². The van der Waals surface area contributed by atoms with Crippen molar-refractivity contribution in [1.29, 1.82) is 0 Å². The monoisotopic (exact) mass is 359 g/mol. The van der Waals surface area contributed by atoms with Gasteiger partial charge in [-0.15, -0.1) is 0 Å². The minimum absolute atomic E-state index is 0.0607. The molecule has 2 fully saturated rings. The van der Waals surface area contributed by atoms with E-state index in [1.807, 2.05) is 0 Å². The van der Waals surface area contributed by atoms with Crippen LogP contribution in [0.15, 0.2) is 0 Å². The van der Waals surface area contributed by atoms with Gasteiger partial charge in [-0.1, -0.05) is 88.6 Å². The number of hydrogen-bond acceptors (Lipinski definition) is 1. The van der Waals surface area contributed by atoms with Gasteiger partial charge in [0.15, 0.2) is 0 Å². The predicted molar refractivity (Wildman–Crippen MR) is 118 cm³/mol. The van der Waals surface area contributed by atoms with Crippen LogP contribution in [0.1, 0.15) is 111 Å².